The van der Waals surface area contributed by atoms with Crippen LogP contribution in [0.5, 0.6) is 0 Å². The Hall–Kier alpha value is -2.70. The van der Waals surface area contributed by atoms with Crippen LogP contribution in [-0.4, -0.2) is 30.6 Å². The van der Waals surface area contributed by atoms with Gasteiger partial charge in [0.1, 0.15) is 0 Å². The molecule has 1 amide bonds. The Morgan fingerprint density at radius 1 is 1.17 bits per heavy atom. The Kier molecular flexibility index (Phi) is 4.49. The quantitative estimate of drug-likeness (QED) is 0.365. The second-order valence-corrected chi connectivity index (χ2v) is 5.39. The number of benzene rings is 1. The van der Waals surface area contributed by atoms with E-state index in [1.807, 2.05) is 0 Å². The van der Waals surface area contributed by atoms with E-state index in [4.69, 9.17) is 4.74 Å². The monoisotopic (exact) mass is 318 g/mol. The molecule has 2 rings (SSSR count). The molecule has 1 unspecified atom stereocenters. The summed E-state index contributed by atoms with van der Waals surface area (Å²) < 4.78 is 5.43. The van der Waals surface area contributed by atoms with E-state index in [1.54, 1.807) is 38.2 Å². The molecule has 1 aromatic rings. The lowest BCUT2D eigenvalue weighted by molar-refractivity contribution is -0.165. The molecule has 0 radical (unpaired) electrons. The number of likely N-dealkylation sites (N-methyl/N-ethyl adjacent to an activating group) is 1. The fourth-order valence-electron chi connectivity index (χ4n) is 2.69. The summed E-state index contributed by atoms with van der Waals surface area (Å²) in [5, 5.41) is 3.68. The van der Waals surface area contributed by atoms with Crippen molar-refractivity contribution in [1.82, 2.24) is 0 Å². The third-order valence-electron chi connectivity index (χ3n) is 3.50. The maximum absolute atomic E-state index is 12.8. The van der Waals surface area contributed by atoms with Crippen molar-refractivity contribution >= 4 is 29.2 Å². The minimum atomic E-state index is -1.50. The molecule has 0 saturated carbocycles. The van der Waals surface area contributed by atoms with Gasteiger partial charge in [-0.25, -0.2) is 4.79 Å². The zero-order valence-corrected chi connectivity index (χ0v) is 13.5. The Bertz CT molecular complexity index is 697. The number of esters is 1. The van der Waals surface area contributed by atoms with Crippen molar-refractivity contribution in [3.05, 3.63) is 29.8 Å². The van der Waals surface area contributed by atoms with Crippen molar-refractivity contribution in [2.24, 2.45) is 5.16 Å². The van der Waals surface area contributed by atoms with Gasteiger partial charge < -0.3 is 14.5 Å². The fourth-order valence-corrected chi connectivity index (χ4v) is 2.69. The van der Waals surface area contributed by atoms with E-state index >= 15 is 0 Å². The number of carbonyl (C=O) groups excluding carboxylic acids is 3. The van der Waals surface area contributed by atoms with Gasteiger partial charge in [-0.2, -0.15) is 0 Å². The van der Waals surface area contributed by atoms with Gasteiger partial charge in [0, 0.05) is 32.9 Å². The highest BCUT2D eigenvalue weighted by molar-refractivity contribution is 6.09. The van der Waals surface area contributed by atoms with E-state index in [0.717, 1.165) is 0 Å². The number of nitrogens with zero attached hydrogens (tertiary/aromatic N) is 2. The third kappa shape index (κ3) is 3.08. The standard InChI is InChI=1S/C16H18N2O5/c1-10(17-23-12(3)20)9-16(22-11(2)19)13-7-5-6-8-14(13)18(4)15(16)21/h5-8H,9H2,1-4H3. The number of para-hydroxylation sites is 1. The lowest BCUT2D eigenvalue weighted by atomic mass is 9.89. The summed E-state index contributed by atoms with van der Waals surface area (Å²) in [6.07, 6.45) is 0.0000463. The SMILES string of the molecule is CC(=O)ON=C(C)CC1(OC(C)=O)C(=O)N(C)c2ccccc21. The zero-order valence-electron chi connectivity index (χ0n) is 13.5. The molecular formula is C16H18N2O5. The number of oxime groups is 1. The van der Waals surface area contributed by atoms with E-state index in [2.05, 4.69) is 9.99 Å². The van der Waals surface area contributed by atoms with Gasteiger partial charge in [-0.05, 0) is 13.0 Å². The zero-order chi connectivity index (χ0) is 17.2. The maximum Gasteiger partial charge on any atom is 0.331 e. The molecule has 0 N–H and O–H groups in total. The molecule has 0 saturated heterocycles. The van der Waals surface area contributed by atoms with Crippen LogP contribution in [0.2, 0.25) is 0 Å². The minimum Gasteiger partial charge on any atom is -0.444 e. The van der Waals surface area contributed by atoms with E-state index in [0.29, 0.717) is 17.0 Å². The largest absolute Gasteiger partial charge is 0.444 e. The summed E-state index contributed by atoms with van der Waals surface area (Å²) in [7, 11) is 1.62. The molecule has 7 nitrogen and oxygen atoms in total. The number of rotatable bonds is 4. The van der Waals surface area contributed by atoms with E-state index in [1.165, 1.54) is 18.7 Å². The van der Waals surface area contributed by atoms with Gasteiger partial charge in [-0.3, -0.25) is 9.59 Å². The summed E-state index contributed by atoms with van der Waals surface area (Å²) in [6, 6.07) is 7.07. The van der Waals surface area contributed by atoms with Gasteiger partial charge in [-0.1, -0.05) is 23.4 Å². The first-order chi connectivity index (χ1) is 10.8. The number of fused-ring (bicyclic) bond motifs is 1. The number of amides is 1. The van der Waals surface area contributed by atoms with Gasteiger partial charge in [0.25, 0.3) is 5.91 Å². The molecule has 0 aromatic heterocycles. The van der Waals surface area contributed by atoms with Gasteiger partial charge >= 0.3 is 11.9 Å². The van der Waals surface area contributed by atoms with Gasteiger partial charge in [-0.15, -0.1) is 0 Å². The highest BCUT2D eigenvalue weighted by Gasteiger charge is 2.53. The van der Waals surface area contributed by atoms with Crippen molar-refractivity contribution < 1.29 is 24.0 Å². The Morgan fingerprint density at radius 3 is 2.43 bits per heavy atom. The van der Waals surface area contributed by atoms with Gasteiger partial charge in [0.05, 0.1) is 11.4 Å². The summed E-state index contributed by atoms with van der Waals surface area (Å²) in [4.78, 5) is 41.3. The molecule has 1 heterocycles. The second kappa shape index (κ2) is 6.20. The van der Waals surface area contributed by atoms with Crippen LogP contribution < -0.4 is 4.90 Å². The number of ether oxygens (including phenoxy) is 1. The Morgan fingerprint density at radius 2 is 1.83 bits per heavy atom. The molecule has 1 aliphatic rings. The summed E-state index contributed by atoms with van der Waals surface area (Å²) in [6.45, 7) is 4.07. The van der Waals surface area contributed by atoms with Crippen LogP contribution in [0, 0.1) is 0 Å². The Balaban J connectivity index is 2.48. The molecule has 0 spiro atoms. The molecule has 122 valence electrons. The summed E-state index contributed by atoms with van der Waals surface area (Å²) in [5.74, 6) is -1.52. The molecule has 1 aromatic carbocycles. The van der Waals surface area contributed by atoms with E-state index in [-0.39, 0.29) is 12.3 Å². The number of anilines is 1. The number of hydrogen-bond donors (Lipinski definition) is 0. The molecule has 7 heteroatoms. The first-order valence-electron chi connectivity index (χ1n) is 7.06. The van der Waals surface area contributed by atoms with Crippen LogP contribution >= 0.6 is 0 Å². The molecule has 0 bridgehead atoms. The lowest BCUT2D eigenvalue weighted by Gasteiger charge is -2.27. The normalized spacial score (nSPS) is 20.3. The highest BCUT2D eigenvalue weighted by atomic mass is 16.7. The molecule has 1 aliphatic heterocycles. The van der Waals surface area contributed by atoms with Gasteiger partial charge in [0.15, 0.2) is 0 Å². The predicted octanol–water partition coefficient (Wildman–Crippen LogP) is 1.75. The fraction of sp³-hybridized carbons (Fsp3) is 0.375. The summed E-state index contributed by atoms with van der Waals surface area (Å²) in [5.41, 5.74) is 0.115. The first-order valence-corrected chi connectivity index (χ1v) is 7.06. The highest BCUT2D eigenvalue weighted by Crippen LogP contribution is 2.44. The Labute approximate surface area is 133 Å². The average molecular weight is 318 g/mol. The van der Waals surface area contributed by atoms with E-state index < -0.39 is 17.5 Å². The van der Waals surface area contributed by atoms with Crippen molar-refractivity contribution in [3.8, 4) is 0 Å². The summed E-state index contributed by atoms with van der Waals surface area (Å²) >= 11 is 0. The average Bonchev–Trinajstić information content (AvgIpc) is 2.68. The van der Waals surface area contributed by atoms with E-state index in [9.17, 15) is 14.4 Å². The van der Waals surface area contributed by atoms with Crippen molar-refractivity contribution in [2.75, 3.05) is 11.9 Å². The van der Waals surface area contributed by atoms with Crippen LogP contribution in [0.4, 0.5) is 5.69 Å². The van der Waals surface area contributed by atoms with Crippen LogP contribution in [0.3, 0.4) is 0 Å². The van der Waals surface area contributed by atoms with Crippen LogP contribution in [0.15, 0.2) is 29.4 Å². The van der Waals surface area contributed by atoms with Gasteiger partial charge in [0.2, 0.25) is 5.60 Å². The number of hydrogen-bond acceptors (Lipinski definition) is 6. The molecule has 0 aliphatic carbocycles. The maximum atomic E-state index is 12.8. The van der Waals surface area contributed by atoms with Crippen LogP contribution in [-0.2, 0) is 29.6 Å². The smallest absolute Gasteiger partial charge is 0.331 e. The topological polar surface area (TPSA) is 85.3 Å². The second-order valence-electron chi connectivity index (χ2n) is 5.39. The molecular weight excluding hydrogens is 300 g/mol. The minimum absolute atomic E-state index is 0.0000463. The third-order valence-corrected chi connectivity index (χ3v) is 3.50. The van der Waals surface area contributed by atoms with Crippen LogP contribution in [0.1, 0.15) is 32.8 Å². The van der Waals surface area contributed by atoms with Crippen molar-refractivity contribution in [1.29, 1.82) is 0 Å². The van der Waals surface area contributed by atoms with Crippen molar-refractivity contribution in [2.45, 2.75) is 32.8 Å². The molecule has 1 atom stereocenters. The molecule has 0 fully saturated rings. The predicted molar refractivity (Wildman–Crippen MR) is 82.8 cm³/mol. The number of carbonyl (C=O) groups is 3. The molecule has 23 heavy (non-hydrogen) atoms. The first kappa shape index (κ1) is 16.7. The lowest BCUT2D eigenvalue weighted by Crippen LogP contribution is -2.43. The van der Waals surface area contributed by atoms with Crippen molar-refractivity contribution in [3.63, 3.8) is 0 Å². The van der Waals surface area contributed by atoms with Crippen LogP contribution in [0.25, 0.3) is 0 Å².